The molecule has 0 aromatic heterocycles. The number of carbonyl (C=O) groups is 1. The van der Waals surface area contributed by atoms with E-state index < -0.39 is 6.61 Å². The second-order valence-electron chi connectivity index (χ2n) is 5.27. The van der Waals surface area contributed by atoms with Crippen LogP contribution in [0.3, 0.4) is 0 Å². The van der Waals surface area contributed by atoms with E-state index in [0.717, 1.165) is 25.9 Å². The third-order valence-corrected chi connectivity index (χ3v) is 3.74. The SMILES string of the molecule is CC(NC(=O)c1ccc(OC(F)F)cc1)C1CCCNC1.Cl. The Labute approximate surface area is 135 Å². The number of nitrogens with one attached hydrogen (secondary N) is 2. The van der Waals surface area contributed by atoms with Crippen LogP contribution >= 0.6 is 12.4 Å². The van der Waals surface area contributed by atoms with Crippen LogP contribution < -0.4 is 15.4 Å². The summed E-state index contributed by atoms with van der Waals surface area (Å²) in [6.07, 6.45) is 2.21. The van der Waals surface area contributed by atoms with Gasteiger partial charge in [0.25, 0.3) is 5.91 Å². The normalized spacial score (nSPS) is 19.2. The monoisotopic (exact) mass is 334 g/mol. The van der Waals surface area contributed by atoms with Crippen molar-refractivity contribution in [1.82, 2.24) is 10.6 Å². The zero-order valence-corrected chi connectivity index (χ0v) is 13.2. The lowest BCUT2D eigenvalue weighted by molar-refractivity contribution is -0.0498. The topological polar surface area (TPSA) is 50.4 Å². The van der Waals surface area contributed by atoms with Gasteiger partial charge in [0.2, 0.25) is 0 Å². The van der Waals surface area contributed by atoms with E-state index in [-0.39, 0.29) is 30.1 Å². The lowest BCUT2D eigenvalue weighted by atomic mass is 9.92. The molecule has 7 heteroatoms. The first-order chi connectivity index (χ1) is 10.1. The van der Waals surface area contributed by atoms with Gasteiger partial charge in [0.05, 0.1) is 0 Å². The Bertz CT molecular complexity index is 465. The number of hydrogen-bond donors (Lipinski definition) is 2. The maximum Gasteiger partial charge on any atom is 0.387 e. The van der Waals surface area contributed by atoms with Gasteiger partial charge >= 0.3 is 6.61 Å². The maximum absolute atomic E-state index is 12.1. The molecular weight excluding hydrogens is 314 g/mol. The van der Waals surface area contributed by atoms with Crippen molar-refractivity contribution in [2.45, 2.75) is 32.4 Å². The fourth-order valence-electron chi connectivity index (χ4n) is 2.50. The molecule has 1 heterocycles. The van der Waals surface area contributed by atoms with Crippen LogP contribution in [0.5, 0.6) is 5.75 Å². The largest absolute Gasteiger partial charge is 0.435 e. The average Bonchev–Trinajstić information content (AvgIpc) is 2.48. The highest BCUT2D eigenvalue weighted by Crippen LogP contribution is 2.17. The van der Waals surface area contributed by atoms with Crippen LogP contribution in [0.25, 0.3) is 0 Å². The van der Waals surface area contributed by atoms with Crippen LogP contribution in [0.1, 0.15) is 30.1 Å². The van der Waals surface area contributed by atoms with Gasteiger partial charge in [-0.15, -0.1) is 12.4 Å². The smallest absolute Gasteiger partial charge is 0.387 e. The van der Waals surface area contributed by atoms with Gasteiger partial charge in [-0.2, -0.15) is 8.78 Å². The van der Waals surface area contributed by atoms with Crippen molar-refractivity contribution >= 4 is 18.3 Å². The predicted molar refractivity (Wildman–Crippen MR) is 82.8 cm³/mol. The molecule has 2 unspecified atom stereocenters. The summed E-state index contributed by atoms with van der Waals surface area (Å²) in [5.41, 5.74) is 0.437. The van der Waals surface area contributed by atoms with Crippen LogP contribution in [0.2, 0.25) is 0 Å². The number of benzene rings is 1. The summed E-state index contributed by atoms with van der Waals surface area (Å²) in [5, 5.41) is 6.27. The minimum absolute atomic E-state index is 0. The molecule has 1 aliphatic rings. The highest BCUT2D eigenvalue weighted by atomic mass is 35.5. The summed E-state index contributed by atoms with van der Waals surface area (Å²) in [5.74, 6) is 0.270. The van der Waals surface area contributed by atoms with E-state index in [1.165, 1.54) is 24.3 Å². The molecule has 0 saturated carbocycles. The van der Waals surface area contributed by atoms with Crippen LogP contribution in [-0.4, -0.2) is 31.7 Å². The molecule has 1 aromatic carbocycles. The Hall–Kier alpha value is -1.40. The van der Waals surface area contributed by atoms with E-state index in [9.17, 15) is 13.6 Å². The lowest BCUT2D eigenvalue weighted by Gasteiger charge is -2.28. The molecule has 0 bridgehead atoms. The van der Waals surface area contributed by atoms with Crippen molar-refractivity contribution < 1.29 is 18.3 Å². The summed E-state index contributed by atoms with van der Waals surface area (Å²) in [7, 11) is 0. The third kappa shape index (κ3) is 5.42. The van der Waals surface area contributed by atoms with Crippen molar-refractivity contribution in [1.29, 1.82) is 0 Å². The van der Waals surface area contributed by atoms with Gasteiger partial charge < -0.3 is 15.4 Å². The van der Waals surface area contributed by atoms with Crippen molar-refractivity contribution in [2.24, 2.45) is 5.92 Å². The molecule has 1 aromatic rings. The van der Waals surface area contributed by atoms with Gasteiger partial charge in [-0.25, -0.2) is 0 Å². The van der Waals surface area contributed by atoms with Gasteiger partial charge in [0.15, 0.2) is 0 Å². The molecule has 2 N–H and O–H groups in total. The minimum Gasteiger partial charge on any atom is -0.435 e. The zero-order valence-electron chi connectivity index (χ0n) is 12.4. The Morgan fingerprint density at radius 3 is 2.59 bits per heavy atom. The number of carbonyl (C=O) groups excluding carboxylic acids is 1. The molecule has 2 atom stereocenters. The van der Waals surface area contributed by atoms with Gasteiger partial charge in [-0.1, -0.05) is 0 Å². The second kappa shape index (κ2) is 8.90. The summed E-state index contributed by atoms with van der Waals surface area (Å²) < 4.78 is 28.4. The fraction of sp³-hybridized carbons (Fsp3) is 0.533. The Morgan fingerprint density at radius 1 is 1.36 bits per heavy atom. The molecule has 2 rings (SSSR count). The quantitative estimate of drug-likeness (QED) is 0.870. The highest BCUT2D eigenvalue weighted by molar-refractivity contribution is 5.94. The molecule has 1 aliphatic heterocycles. The van der Waals surface area contributed by atoms with Gasteiger partial charge in [0.1, 0.15) is 5.75 Å². The van der Waals surface area contributed by atoms with Crippen molar-refractivity contribution in [3.8, 4) is 5.75 Å². The van der Waals surface area contributed by atoms with Crippen LogP contribution in [0, 0.1) is 5.92 Å². The number of halogens is 3. The zero-order chi connectivity index (χ0) is 15.2. The molecule has 0 spiro atoms. The Morgan fingerprint density at radius 2 is 2.05 bits per heavy atom. The third-order valence-electron chi connectivity index (χ3n) is 3.74. The van der Waals surface area contributed by atoms with Gasteiger partial charge in [-0.3, -0.25) is 4.79 Å². The molecular formula is C15H21ClF2N2O2. The van der Waals surface area contributed by atoms with E-state index in [0.29, 0.717) is 11.5 Å². The standard InChI is InChI=1S/C15H20F2N2O2.ClH/c1-10(12-3-2-8-18-9-12)19-14(20)11-4-6-13(7-5-11)21-15(16)17;/h4-7,10,12,15,18H,2-3,8-9H2,1H3,(H,19,20);1H. The molecule has 0 radical (unpaired) electrons. The van der Waals surface area contributed by atoms with Crippen LogP contribution in [0.4, 0.5) is 8.78 Å². The van der Waals surface area contributed by atoms with E-state index in [1.54, 1.807) is 0 Å². The molecule has 124 valence electrons. The number of piperidine rings is 1. The number of alkyl halides is 2. The van der Waals surface area contributed by atoms with Crippen LogP contribution in [-0.2, 0) is 0 Å². The van der Waals surface area contributed by atoms with E-state index in [2.05, 4.69) is 15.4 Å². The molecule has 1 amide bonds. The molecule has 0 aliphatic carbocycles. The lowest BCUT2D eigenvalue weighted by Crippen LogP contribution is -2.44. The first-order valence-corrected chi connectivity index (χ1v) is 7.12. The van der Waals surface area contributed by atoms with E-state index in [1.807, 2.05) is 6.92 Å². The number of hydrogen-bond acceptors (Lipinski definition) is 3. The molecule has 1 saturated heterocycles. The van der Waals surface area contributed by atoms with Crippen molar-refractivity contribution in [3.63, 3.8) is 0 Å². The van der Waals surface area contributed by atoms with Crippen LogP contribution in [0.15, 0.2) is 24.3 Å². The summed E-state index contributed by atoms with van der Waals surface area (Å²) in [6.45, 7) is 1.07. The van der Waals surface area contributed by atoms with E-state index in [4.69, 9.17) is 0 Å². The summed E-state index contributed by atoms with van der Waals surface area (Å²) >= 11 is 0. The minimum atomic E-state index is -2.86. The van der Waals surface area contributed by atoms with Crippen molar-refractivity contribution in [3.05, 3.63) is 29.8 Å². The van der Waals surface area contributed by atoms with Crippen molar-refractivity contribution in [2.75, 3.05) is 13.1 Å². The highest BCUT2D eigenvalue weighted by Gasteiger charge is 2.21. The van der Waals surface area contributed by atoms with Gasteiger partial charge in [-0.05, 0) is 63.0 Å². The number of amides is 1. The average molecular weight is 335 g/mol. The second-order valence-corrected chi connectivity index (χ2v) is 5.27. The molecule has 4 nitrogen and oxygen atoms in total. The Balaban J connectivity index is 0.00000242. The molecule has 1 fully saturated rings. The predicted octanol–water partition coefficient (Wildman–Crippen LogP) is 2.83. The van der Waals surface area contributed by atoms with E-state index >= 15 is 0 Å². The number of rotatable bonds is 5. The first-order valence-electron chi connectivity index (χ1n) is 7.12. The van der Waals surface area contributed by atoms with Gasteiger partial charge in [0, 0.05) is 11.6 Å². The number of ether oxygens (including phenoxy) is 1. The first kappa shape index (κ1) is 18.6. The fourth-order valence-corrected chi connectivity index (χ4v) is 2.50. The Kier molecular flexibility index (Phi) is 7.55. The maximum atomic E-state index is 12.1. The molecule has 22 heavy (non-hydrogen) atoms. The summed E-state index contributed by atoms with van der Waals surface area (Å²) in [4.78, 5) is 12.1. The summed E-state index contributed by atoms with van der Waals surface area (Å²) in [6, 6.07) is 5.78.